The summed E-state index contributed by atoms with van der Waals surface area (Å²) in [5.41, 5.74) is 0. The van der Waals surface area contributed by atoms with Gasteiger partial charge in [-0.1, -0.05) is 6.92 Å². The van der Waals surface area contributed by atoms with Crippen LogP contribution in [0.15, 0.2) is 0 Å². The van der Waals surface area contributed by atoms with Crippen molar-refractivity contribution in [2.45, 2.75) is 101 Å². The average molecular weight is 435 g/mol. The van der Waals surface area contributed by atoms with Crippen LogP contribution < -0.4 is 10.6 Å². The molecule has 2 bridgehead atoms. The fourth-order valence-electron chi connectivity index (χ4n) is 8.10. The first-order chi connectivity index (χ1) is 14.9. The molecule has 31 heavy (non-hydrogen) atoms. The normalized spacial score (nSPS) is 48.0. The van der Waals surface area contributed by atoms with Crippen LogP contribution in [0.4, 0.5) is 4.39 Å². The van der Waals surface area contributed by atoms with Gasteiger partial charge in [0.25, 0.3) is 0 Å². The minimum Gasteiger partial charge on any atom is -0.352 e. The number of hydrogen-bond acceptors (Lipinski definition) is 4. The van der Waals surface area contributed by atoms with Gasteiger partial charge in [-0.2, -0.15) is 0 Å². The van der Waals surface area contributed by atoms with E-state index in [4.69, 9.17) is 0 Å². The van der Waals surface area contributed by atoms with Gasteiger partial charge in [-0.3, -0.25) is 9.69 Å². The lowest BCUT2D eigenvalue weighted by Crippen LogP contribution is -2.56. The number of nitrogens with one attached hydrogen (secondary N) is 2. The Morgan fingerprint density at radius 2 is 1.77 bits per heavy atom. The number of piperidine rings is 1. The summed E-state index contributed by atoms with van der Waals surface area (Å²) in [6.45, 7) is 4.66. The molecule has 0 spiro atoms. The summed E-state index contributed by atoms with van der Waals surface area (Å²) in [6.07, 6.45) is 8.91. The van der Waals surface area contributed by atoms with Gasteiger partial charge in [0.1, 0.15) is 6.17 Å². The predicted octanol–water partition coefficient (Wildman–Crippen LogP) is 2.80. The molecule has 9 atom stereocenters. The van der Waals surface area contributed by atoms with Gasteiger partial charge in [0, 0.05) is 43.2 Å². The van der Waals surface area contributed by atoms with E-state index in [9.17, 15) is 9.18 Å². The van der Waals surface area contributed by atoms with Gasteiger partial charge in [-0.25, -0.2) is 4.39 Å². The highest BCUT2D eigenvalue weighted by Crippen LogP contribution is 2.41. The molecule has 5 fully saturated rings. The smallest absolute Gasteiger partial charge is 0.237 e. The molecule has 5 aliphatic rings. The molecule has 2 N–H and O–H groups in total. The van der Waals surface area contributed by atoms with Gasteiger partial charge in [-0.05, 0) is 89.6 Å². The van der Waals surface area contributed by atoms with Crippen molar-refractivity contribution in [1.82, 2.24) is 20.4 Å². The highest BCUT2D eigenvalue weighted by Gasteiger charge is 2.47. The van der Waals surface area contributed by atoms with Crippen LogP contribution in [0, 0.1) is 23.7 Å². The average Bonchev–Trinajstić information content (AvgIpc) is 3.32. The van der Waals surface area contributed by atoms with E-state index in [-0.39, 0.29) is 30.0 Å². The molecule has 0 aromatic carbocycles. The van der Waals surface area contributed by atoms with Crippen molar-refractivity contribution >= 4 is 5.91 Å². The molecule has 176 valence electrons. The third-order valence-electron chi connectivity index (χ3n) is 9.57. The Kier molecular flexibility index (Phi) is 6.35. The monoisotopic (exact) mass is 434 g/mol. The largest absolute Gasteiger partial charge is 0.352 e. The van der Waals surface area contributed by atoms with Crippen LogP contribution in [0.3, 0.4) is 0 Å². The number of nitrogens with zero attached hydrogens (tertiary/aromatic N) is 2. The number of carbonyl (C=O) groups is 1. The van der Waals surface area contributed by atoms with Crippen molar-refractivity contribution in [3.05, 3.63) is 0 Å². The van der Waals surface area contributed by atoms with Crippen LogP contribution in [0.25, 0.3) is 0 Å². The van der Waals surface area contributed by atoms with Crippen LogP contribution in [-0.2, 0) is 4.79 Å². The van der Waals surface area contributed by atoms with Gasteiger partial charge in [0.05, 0.1) is 6.04 Å². The number of amides is 1. The predicted molar refractivity (Wildman–Crippen MR) is 122 cm³/mol. The highest BCUT2D eigenvalue weighted by atomic mass is 19.1. The third kappa shape index (κ3) is 4.29. The van der Waals surface area contributed by atoms with E-state index in [1.807, 2.05) is 0 Å². The summed E-state index contributed by atoms with van der Waals surface area (Å²) in [6, 6.07) is 1.61. The summed E-state index contributed by atoms with van der Waals surface area (Å²) in [4.78, 5) is 18.3. The summed E-state index contributed by atoms with van der Waals surface area (Å²) < 4.78 is 14.4. The first-order valence-electron chi connectivity index (χ1n) is 13.0. The zero-order valence-electron chi connectivity index (χ0n) is 19.7. The SMILES string of the molecule is CC1CCC(F)C2CC(C(=O)NC3CCCC(N4CC5CCC(C4)C5N(C)C)C3)NC12. The van der Waals surface area contributed by atoms with Crippen molar-refractivity contribution in [2.75, 3.05) is 27.2 Å². The van der Waals surface area contributed by atoms with Gasteiger partial charge in [-0.15, -0.1) is 0 Å². The molecular weight excluding hydrogens is 391 g/mol. The maximum absolute atomic E-state index is 14.4. The van der Waals surface area contributed by atoms with E-state index in [0.717, 1.165) is 37.1 Å². The zero-order chi connectivity index (χ0) is 21.7. The molecule has 1 amide bonds. The van der Waals surface area contributed by atoms with E-state index in [1.54, 1.807) is 0 Å². The van der Waals surface area contributed by atoms with Crippen LogP contribution in [-0.4, -0.2) is 79.3 Å². The molecule has 2 aliphatic heterocycles. The van der Waals surface area contributed by atoms with Gasteiger partial charge in [0.15, 0.2) is 0 Å². The standard InChI is InChI=1S/C25H43FN4O/c1-15-7-10-21(26)20-12-22(28-23(15)20)25(31)27-18-5-4-6-19(11-18)30-13-16-8-9-17(14-30)24(16)29(2)3/h15-24,28H,4-14H2,1-3H3,(H,27,31). The Morgan fingerprint density at radius 1 is 1.03 bits per heavy atom. The van der Waals surface area contributed by atoms with Gasteiger partial charge in [0.2, 0.25) is 5.91 Å². The molecule has 3 aliphatic carbocycles. The van der Waals surface area contributed by atoms with Crippen molar-refractivity contribution in [3.8, 4) is 0 Å². The van der Waals surface area contributed by atoms with Crippen molar-refractivity contribution in [3.63, 3.8) is 0 Å². The molecule has 9 unspecified atom stereocenters. The second-order valence-electron chi connectivity index (χ2n) is 11.7. The third-order valence-corrected chi connectivity index (χ3v) is 9.57. The summed E-state index contributed by atoms with van der Waals surface area (Å²) >= 11 is 0. The maximum Gasteiger partial charge on any atom is 0.237 e. The number of hydrogen-bond donors (Lipinski definition) is 2. The Hall–Kier alpha value is -0.720. The number of alkyl halides is 1. The van der Waals surface area contributed by atoms with Crippen LogP contribution in [0.2, 0.25) is 0 Å². The first kappa shape index (κ1) is 22.1. The molecule has 2 heterocycles. The second-order valence-corrected chi connectivity index (χ2v) is 11.7. The Labute approximate surface area is 187 Å². The molecule has 5 rings (SSSR count). The number of carbonyl (C=O) groups excluding carboxylic acids is 1. The van der Waals surface area contributed by atoms with Crippen molar-refractivity contribution < 1.29 is 9.18 Å². The first-order valence-corrected chi connectivity index (χ1v) is 13.0. The molecule has 3 saturated carbocycles. The summed E-state index contributed by atoms with van der Waals surface area (Å²) in [5, 5.41) is 6.88. The minimum absolute atomic E-state index is 0.0204. The molecule has 2 saturated heterocycles. The quantitative estimate of drug-likeness (QED) is 0.714. The lowest BCUT2D eigenvalue weighted by molar-refractivity contribution is -0.124. The summed E-state index contributed by atoms with van der Waals surface area (Å²) in [5.74, 6) is 2.23. The van der Waals surface area contributed by atoms with Crippen molar-refractivity contribution in [2.24, 2.45) is 23.7 Å². The zero-order valence-corrected chi connectivity index (χ0v) is 19.7. The highest BCUT2D eigenvalue weighted by molar-refractivity contribution is 5.82. The fraction of sp³-hybridized carbons (Fsp3) is 0.960. The Morgan fingerprint density at radius 3 is 2.45 bits per heavy atom. The topological polar surface area (TPSA) is 47.6 Å². The minimum atomic E-state index is -0.744. The molecule has 6 heteroatoms. The van der Waals surface area contributed by atoms with E-state index in [0.29, 0.717) is 24.8 Å². The number of fused-ring (bicyclic) bond motifs is 3. The van der Waals surface area contributed by atoms with Crippen LogP contribution in [0.1, 0.15) is 64.7 Å². The second kappa shape index (κ2) is 8.90. The molecule has 5 nitrogen and oxygen atoms in total. The van der Waals surface area contributed by atoms with Crippen LogP contribution >= 0.6 is 0 Å². The number of halogens is 1. The van der Waals surface area contributed by atoms with Crippen molar-refractivity contribution in [1.29, 1.82) is 0 Å². The fourth-order valence-corrected chi connectivity index (χ4v) is 8.10. The molecule has 0 aromatic heterocycles. The van der Waals surface area contributed by atoms with E-state index in [1.165, 1.54) is 38.8 Å². The Bertz CT molecular complexity index is 627. The van der Waals surface area contributed by atoms with E-state index >= 15 is 0 Å². The lowest BCUT2D eigenvalue weighted by atomic mass is 9.77. The van der Waals surface area contributed by atoms with Gasteiger partial charge >= 0.3 is 0 Å². The number of likely N-dealkylation sites (tertiary alicyclic amines) is 1. The lowest BCUT2D eigenvalue weighted by Gasteiger charge is -2.46. The molecule has 0 radical (unpaired) electrons. The number of rotatable bonds is 4. The van der Waals surface area contributed by atoms with Gasteiger partial charge < -0.3 is 15.5 Å². The van der Waals surface area contributed by atoms with E-state index in [2.05, 4.69) is 41.5 Å². The van der Waals surface area contributed by atoms with E-state index < -0.39 is 6.17 Å². The molecule has 0 aromatic rings. The van der Waals surface area contributed by atoms with Crippen LogP contribution in [0.5, 0.6) is 0 Å². The Balaban J connectivity index is 1.15. The summed E-state index contributed by atoms with van der Waals surface area (Å²) in [7, 11) is 4.49. The maximum atomic E-state index is 14.4. The molecular formula is C25H43FN4O.